The Morgan fingerprint density at radius 3 is 2.68 bits per heavy atom. The van der Waals surface area contributed by atoms with Crippen molar-refractivity contribution < 1.29 is 19.1 Å². The van der Waals surface area contributed by atoms with Crippen molar-refractivity contribution in [3.8, 4) is 0 Å². The molecule has 0 radical (unpaired) electrons. The molecule has 0 fully saturated rings. The van der Waals surface area contributed by atoms with Gasteiger partial charge in [0.2, 0.25) is 0 Å². The number of rotatable bonds is 6. The van der Waals surface area contributed by atoms with Crippen molar-refractivity contribution in [3.63, 3.8) is 0 Å². The van der Waals surface area contributed by atoms with E-state index in [0.29, 0.717) is 12.1 Å². The molecule has 2 aromatic rings. The number of H-pyrrole nitrogens is 1. The molecule has 0 aliphatic heterocycles. The number of aromatic amines is 1. The van der Waals surface area contributed by atoms with Gasteiger partial charge in [-0.1, -0.05) is 0 Å². The third kappa shape index (κ3) is 3.68. The van der Waals surface area contributed by atoms with E-state index in [1.807, 2.05) is 0 Å². The minimum atomic E-state index is -0.423. The van der Waals surface area contributed by atoms with Crippen LogP contribution >= 0.6 is 0 Å². The smallest absolute Gasteiger partial charge is 0.302 e. The van der Waals surface area contributed by atoms with Crippen LogP contribution in [0.1, 0.15) is 26.3 Å². The summed E-state index contributed by atoms with van der Waals surface area (Å²) >= 11 is 0. The summed E-state index contributed by atoms with van der Waals surface area (Å²) in [6.07, 6.45) is 3.12. The second kappa shape index (κ2) is 6.83. The number of ether oxygens (including phenoxy) is 2. The van der Waals surface area contributed by atoms with Gasteiger partial charge in [0.05, 0.1) is 25.3 Å². The highest BCUT2D eigenvalue weighted by Crippen LogP contribution is 2.17. The highest BCUT2D eigenvalue weighted by Gasteiger charge is 2.18. The molecule has 2 aromatic heterocycles. The van der Waals surface area contributed by atoms with E-state index < -0.39 is 11.9 Å². The lowest BCUT2D eigenvalue weighted by atomic mass is 10.2. The largest absolute Gasteiger partial charge is 0.466 e. The van der Waals surface area contributed by atoms with Gasteiger partial charge in [-0.3, -0.25) is 14.4 Å². The first-order chi connectivity index (χ1) is 10.5. The van der Waals surface area contributed by atoms with Crippen molar-refractivity contribution in [2.45, 2.75) is 26.3 Å². The van der Waals surface area contributed by atoms with Crippen LogP contribution in [0.4, 0.5) is 0 Å². The van der Waals surface area contributed by atoms with E-state index in [0.717, 1.165) is 0 Å². The Balaban J connectivity index is 2.25. The molecule has 0 aliphatic carbocycles. The SMILES string of the molecule is CC(=O)OCCC(COC(C)=O)n1cnc2c(=O)[nH]cnc21. The number of nitrogens with one attached hydrogen (secondary N) is 1. The monoisotopic (exact) mass is 308 g/mol. The van der Waals surface area contributed by atoms with Gasteiger partial charge >= 0.3 is 11.9 Å². The zero-order valence-corrected chi connectivity index (χ0v) is 12.2. The first-order valence-electron chi connectivity index (χ1n) is 6.66. The molecule has 1 atom stereocenters. The van der Waals surface area contributed by atoms with Crippen LogP contribution in [0.5, 0.6) is 0 Å². The van der Waals surface area contributed by atoms with Gasteiger partial charge in [-0.05, 0) is 0 Å². The Morgan fingerprint density at radius 2 is 2.00 bits per heavy atom. The van der Waals surface area contributed by atoms with Crippen LogP contribution in [0.2, 0.25) is 0 Å². The first kappa shape index (κ1) is 15.7. The lowest BCUT2D eigenvalue weighted by molar-refractivity contribution is -0.144. The summed E-state index contributed by atoms with van der Waals surface area (Å²) in [7, 11) is 0. The number of nitrogens with zero attached hydrogens (tertiary/aromatic N) is 3. The zero-order valence-electron chi connectivity index (χ0n) is 12.2. The zero-order chi connectivity index (χ0) is 16.1. The maximum atomic E-state index is 11.7. The van der Waals surface area contributed by atoms with Crippen molar-refractivity contribution in [1.29, 1.82) is 0 Å². The summed E-state index contributed by atoms with van der Waals surface area (Å²) in [5.41, 5.74) is 0.224. The molecular weight excluding hydrogens is 292 g/mol. The third-order valence-corrected chi connectivity index (χ3v) is 2.99. The quantitative estimate of drug-likeness (QED) is 0.756. The van der Waals surface area contributed by atoms with Gasteiger partial charge < -0.3 is 19.0 Å². The van der Waals surface area contributed by atoms with Crippen molar-refractivity contribution in [1.82, 2.24) is 19.5 Å². The number of hydrogen-bond acceptors (Lipinski definition) is 7. The van der Waals surface area contributed by atoms with Gasteiger partial charge in [0.15, 0.2) is 11.2 Å². The summed E-state index contributed by atoms with van der Waals surface area (Å²) in [6.45, 7) is 2.84. The highest BCUT2D eigenvalue weighted by atomic mass is 16.5. The summed E-state index contributed by atoms with van der Waals surface area (Å²) < 4.78 is 11.6. The van der Waals surface area contributed by atoms with Gasteiger partial charge in [-0.15, -0.1) is 0 Å². The lowest BCUT2D eigenvalue weighted by Gasteiger charge is -2.18. The van der Waals surface area contributed by atoms with Gasteiger partial charge in [0, 0.05) is 20.3 Å². The van der Waals surface area contributed by atoms with Crippen LogP contribution in [-0.4, -0.2) is 44.7 Å². The van der Waals surface area contributed by atoms with Crippen LogP contribution in [0.15, 0.2) is 17.4 Å². The van der Waals surface area contributed by atoms with E-state index in [9.17, 15) is 14.4 Å². The standard InChI is InChI=1S/C13H16N4O5/c1-8(18)21-4-3-10(5-22-9(2)19)17-7-16-11-12(17)14-6-15-13(11)20/h6-7,10H,3-5H2,1-2H3,(H,14,15,20). The molecule has 0 saturated carbocycles. The molecule has 2 heterocycles. The van der Waals surface area contributed by atoms with E-state index in [-0.39, 0.29) is 30.3 Å². The number of fused-ring (bicyclic) bond motifs is 1. The average molecular weight is 308 g/mol. The Hall–Kier alpha value is -2.71. The highest BCUT2D eigenvalue weighted by molar-refractivity contribution is 5.69. The van der Waals surface area contributed by atoms with E-state index in [1.54, 1.807) is 4.57 Å². The minimum Gasteiger partial charge on any atom is -0.466 e. The molecule has 0 amide bonds. The number of carbonyl (C=O) groups is 2. The fourth-order valence-electron chi connectivity index (χ4n) is 1.99. The normalized spacial score (nSPS) is 12.1. The third-order valence-electron chi connectivity index (χ3n) is 2.99. The van der Waals surface area contributed by atoms with E-state index in [4.69, 9.17) is 9.47 Å². The van der Waals surface area contributed by atoms with Gasteiger partial charge in [-0.25, -0.2) is 9.97 Å². The van der Waals surface area contributed by atoms with E-state index in [1.165, 1.54) is 26.5 Å². The number of hydrogen-bond donors (Lipinski definition) is 1. The van der Waals surface area contributed by atoms with E-state index >= 15 is 0 Å². The first-order valence-corrected chi connectivity index (χ1v) is 6.66. The average Bonchev–Trinajstić information content (AvgIpc) is 2.87. The van der Waals surface area contributed by atoms with Gasteiger partial charge in [0.25, 0.3) is 5.56 Å². The van der Waals surface area contributed by atoms with Crippen LogP contribution in [0.3, 0.4) is 0 Å². The molecule has 0 bridgehead atoms. The second-order valence-electron chi connectivity index (χ2n) is 4.64. The Kier molecular flexibility index (Phi) is 4.87. The predicted octanol–water partition coefficient (Wildman–Crippen LogP) is 0.177. The molecule has 22 heavy (non-hydrogen) atoms. The molecule has 118 valence electrons. The van der Waals surface area contributed by atoms with Crippen molar-refractivity contribution in [2.75, 3.05) is 13.2 Å². The van der Waals surface area contributed by atoms with Gasteiger partial charge in [0.1, 0.15) is 6.61 Å². The summed E-state index contributed by atoms with van der Waals surface area (Å²) in [4.78, 5) is 44.1. The molecular formula is C13H16N4O5. The Bertz CT molecular complexity index is 735. The summed E-state index contributed by atoms with van der Waals surface area (Å²) in [6, 6.07) is -0.345. The fourth-order valence-corrected chi connectivity index (χ4v) is 1.99. The molecule has 0 aliphatic rings. The fraction of sp³-hybridized carbons (Fsp3) is 0.462. The van der Waals surface area contributed by atoms with Crippen LogP contribution in [0, 0.1) is 0 Å². The number of imidazole rings is 1. The second-order valence-corrected chi connectivity index (χ2v) is 4.64. The van der Waals surface area contributed by atoms with Crippen LogP contribution in [-0.2, 0) is 19.1 Å². The lowest BCUT2D eigenvalue weighted by Crippen LogP contribution is -2.20. The molecule has 9 heteroatoms. The maximum absolute atomic E-state index is 11.7. The molecule has 0 saturated heterocycles. The molecule has 0 spiro atoms. The maximum Gasteiger partial charge on any atom is 0.302 e. The molecule has 0 aromatic carbocycles. The summed E-state index contributed by atoms with van der Waals surface area (Å²) in [5, 5.41) is 0. The minimum absolute atomic E-state index is 0.0660. The number of aromatic nitrogens is 4. The molecule has 9 nitrogen and oxygen atoms in total. The van der Waals surface area contributed by atoms with Crippen molar-refractivity contribution in [3.05, 3.63) is 23.0 Å². The number of carbonyl (C=O) groups excluding carboxylic acids is 2. The molecule has 2 rings (SSSR count). The van der Waals surface area contributed by atoms with Crippen molar-refractivity contribution in [2.24, 2.45) is 0 Å². The van der Waals surface area contributed by atoms with E-state index in [2.05, 4.69) is 15.0 Å². The topological polar surface area (TPSA) is 116 Å². The van der Waals surface area contributed by atoms with Crippen molar-refractivity contribution >= 4 is 23.1 Å². The van der Waals surface area contributed by atoms with Crippen LogP contribution < -0.4 is 5.56 Å². The molecule has 1 unspecified atom stereocenters. The van der Waals surface area contributed by atoms with Gasteiger partial charge in [-0.2, -0.15) is 0 Å². The molecule has 1 N–H and O–H groups in total. The number of esters is 2. The van der Waals surface area contributed by atoms with Crippen LogP contribution in [0.25, 0.3) is 11.2 Å². The predicted molar refractivity (Wildman–Crippen MR) is 75.1 cm³/mol. The Labute approximate surface area is 125 Å². The summed E-state index contributed by atoms with van der Waals surface area (Å²) in [5.74, 6) is -0.816. The Morgan fingerprint density at radius 1 is 1.27 bits per heavy atom.